The minimum atomic E-state index is -0.414. The quantitative estimate of drug-likeness (QED) is 0.821. The molecule has 1 heterocycles. The van der Waals surface area contributed by atoms with Crippen molar-refractivity contribution in [2.24, 2.45) is 0 Å². The lowest BCUT2D eigenvalue weighted by Gasteiger charge is -2.17. The van der Waals surface area contributed by atoms with Crippen LogP contribution in [-0.2, 0) is 9.53 Å². The molecule has 3 rings (SSSR count). The molecular weight excluding hydrogens is 228 g/mol. The zero-order valence-corrected chi connectivity index (χ0v) is 9.87. The monoisotopic (exact) mass is 242 g/mol. The molecule has 1 fully saturated rings. The maximum absolute atomic E-state index is 11.4. The zero-order valence-electron chi connectivity index (χ0n) is 9.87. The molecule has 1 aliphatic heterocycles. The molecule has 0 amide bonds. The maximum Gasteiger partial charge on any atom is 0.306 e. The number of cyclic esters (lactones) is 1. The predicted octanol–water partition coefficient (Wildman–Crippen LogP) is 2.23. The lowest BCUT2D eigenvalue weighted by Crippen LogP contribution is -2.19. The van der Waals surface area contributed by atoms with E-state index in [-0.39, 0.29) is 18.5 Å². The Kier molecular flexibility index (Phi) is 2.76. The van der Waals surface area contributed by atoms with Crippen molar-refractivity contribution in [3.05, 3.63) is 48.0 Å². The number of fused-ring (bicyclic) bond motifs is 1. The Morgan fingerprint density at radius 2 is 1.94 bits per heavy atom. The van der Waals surface area contributed by atoms with Crippen molar-refractivity contribution in [1.29, 1.82) is 0 Å². The van der Waals surface area contributed by atoms with Crippen LogP contribution >= 0.6 is 0 Å². The average Bonchev–Trinajstić information content (AvgIpc) is 2.79. The first-order chi connectivity index (χ1) is 8.79. The minimum Gasteiger partial charge on any atom is -0.459 e. The van der Waals surface area contributed by atoms with Gasteiger partial charge in [0.15, 0.2) is 0 Å². The second-order valence-corrected chi connectivity index (χ2v) is 4.59. The molecule has 1 saturated heterocycles. The Bertz CT molecular complexity index is 586. The maximum atomic E-state index is 11.4. The molecule has 2 aromatic rings. The van der Waals surface area contributed by atoms with Gasteiger partial charge in [0.05, 0.1) is 13.0 Å². The van der Waals surface area contributed by atoms with Crippen LogP contribution in [0.3, 0.4) is 0 Å². The van der Waals surface area contributed by atoms with Crippen LogP contribution in [0.15, 0.2) is 42.5 Å². The SMILES string of the molecule is O=C1C[C@H](c2cccc3ccccc23)[C@H](CO)O1. The Hall–Kier alpha value is -1.87. The van der Waals surface area contributed by atoms with E-state index in [0.717, 1.165) is 16.3 Å². The standard InChI is InChI=1S/C15H14O3/c16-9-14-13(8-15(17)18-14)12-7-3-5-10-4-1-2-6-11(10)12/h1-7,13-14,16H,8-9H2/t13-,14+/m1/s1. The molecule has 3 heteroatoms. The van der Waals surface area contributed by atoms with Gasteiger partial charge in [0.25, 0.3) is 0 Å². The van der Waals surface area contributed by atoms with Crippen molar-refractivity contribution in [3.63, 3.8) is 0 Å². The molecule has 18 heavy (non-hydrogen) atoms. The van der Waals surface area contributed by atoms with E-state index >= 15 is 0 Å². The Labute approximate surface area is 105 Å². The van der Waals surface area contributed by atoms with E-state index in [1.807, 2.05) is 42.5 Å². The third kappa shape index (κ3) is 1.77. The topological polar surface area (TPSA) is 46.5 Å². The van der Waals surface area contributed by atoms with Gasteiger partial charge >= 0.3 is 5.97 Å². The molecule has 0 spiro atoms. The van der Waals surface area contributed by atoms with Crippen LogP contribution in [0.25, 0.3) is 10.8 Å². The molecule has 0 unspecified atom stereocenters. The number of aliphatic hydroxyl groups is 1. The summed E-state index contributed by atoms with van der Waals surface area (Å²) < 4.78 is 5.14. The molecule has 2 aromatic carbocycles. The van der Waals surface area contributed by atoms with Crippen molar-refractivity contribution in [2.75, 3.05) is 6.61 Å². The number of carbonyl (C=O) groups is 1. The van der Waals surface area contributed by atoms with Gasteiger partial charge < -0.3 is 9.84 Å². The number of hydrogen-bond acceptors (Lipinski definition) is 3. The van der Waals surface area contributed by atoms with Gasteiger partial charge in [-0.1, -0.05) is 42.5 Å². The number of aliphatic hydroxyl groups excluding tert-OH is 1. The van der Waals surface area contributed by atoms with Crippen LogP contribution < -0.4 is 0 Å². The van der Waals surface area contributed by atoms with Crippen LogP contribution in [0.4, 0.5) is 0 Å². The lowest BCUT2D eigenvalue weighted by molar-refractivity contribution is -0.142. The third-order valence-electron chi connectivity index (χ3n) is 3.52. The first-order valence-electron chi connectivity index (χ1n) is 6.07. The van der Waals surface area contributed by atoms with Gasteiger partial charge in [-0.3, -0.25) is 4.79 Å². The van der Waals surface area contributed by atoms with Crippen molar-refractivity contribution in [3.8, 4) is 0 Å². The number of carbonyl (C=O) groups excluding carboxylic acids is 1. The van der Waals surface area contributed by atoms with E-state index in [0.29, 0.717) is 6.42 Å². The molecule has 92 valence electrons. The van der Waals surface area contributed by atoms with Crippen LogP contribution in [0.2, 0.25) is 0 Å². The number of ether oxygens (including phenoxy) is 1. The van der Waals surface area contributed by atoms with E-state index in [4.69, 9.17) is 4.74 Å². The molecule has 0 saturated carbocycles. The minimum absolute atomic E-state index is 0.0476. The number of rotatable bonds is 2. The first-order valence-corrected chi connectivity index (χ1v) is 6.07. The molecule has 0 aliphatic carbocycles. The van der Waals surface area contributed by atoms with Gasteiger partial charge in [0.1, 0.15) is 6.10 Å². The van der Waals surface area contributed by atoms with Gasteiger partial charge in [-0.2, -0.15) is 0 Å². The van der Waals surface area contributed by atoms with Gasteiger partial charge in [-0.05, 0) is 16.3 Å². The van der Waals surface area contributed by atoms with E-state index < -0.39 is 6.10 Å². The summed E-state index contributed by atoms with van der Waals surface area (Å²) in [5.41, 5.74) is 1.08. The van der Waals surface area contributed by atoms with Crippen LogP contribution in [-0.4, -0.2) is 23.8 Å². The summed E-state index contributed by atoms with van der Waals surface area (Å²) in [4.78, 5) is 11.4. The summed E-state index contributed by atoms with van der Waals surface area (Å²) in [5, 5.41) is 11.6. The Morgan fingerprint density at radius 1 is 1.17 bits per heavy atom. The summed E-state index contributed by atoms with van der Waals surface area (Å²) in [5.74, 6) is -0.277. The highest BCUT2D eigenvalue weighted by Gasteiger charge is 2.36. The molecule has 2 atom stereocenters. The van der Waals surface area contributed by atoms with Crippen molar-refractivity contribution < 1.29 is 14.6 Å². The summed E-state index contributed by atoms with van der Waals surface area (Å²) in [7, 11) is 0. The van der Waals surface area contributed by atoms with Crippen LogP contribution in [0.5, 0.6) is 0 Å². The Balaban J connectivity index is 2.11. The third-order valence-corrected chi connectivity index (χ3v) is 3.52. The largest absolute Gasteiger partial charge is 0.459 e. The van der Waals surface area contributed by atoms with E-state index in [1.165, 1.54) is 0 Å². The lowest BCUT2D eigenvalue weighted by atomic mass is 9.89. The van der Waals surface area contributed by atoms with E-state index in [9.17, 15) is 9.90 Å². The first kappa shape index (κ1) is 11.2. The van der Waals surface area contributed by atoms with Gasteiger partial charge in [0, 0.05) is 5.92 Å². The molecule has 1 N–H and O–H groups in total. The molecule has 0 bridgehead atoms. The fraction of sp³-hybridized carbons (Fsp3) is 0.267. The van der Waals surface area contributed by atoms with Gasteiger partial charge in [-0.25, -0.2) is 0 Å². The van der Waals surface area contributed by atoms with Crippen molar-refractivity contribution in [2.45, 2.75) is 18.4 Å². The van der Waals surface area contributed by atoms with Gasteiger partial charge in [0.2, 0.25) is 0 Å². The summed E-state index contributed by atoms with van der Waals surface area (Å²) in [6.45, 7) is -0.125. The van der Waals surface area contributed by atoms with Crippen LogP contribution in [0.1, 0.15) is 17.9 Å². The number of hydrogen-bond donors (Lipinski definition) is 1. The summed E-state index contributed by atoms with van der Waals surface area (Å²) in [6.07, 6.45) is -0.0671. The molecule has 0 radical (unpaired) electrons. The normalized spacial score (nSPS) is 23.3. The van der Waals surface area contributed by atoms with E-state index in [2.05, 4.69) is 0 Å². The Morgan fingerprint density at radius 3 is 2.78 bits per heavy atom. The van der Waals surface area contributed by atoms with Crippen molar-refractivity contribution in [1.82, 2.24) is 0 Å². The zero-order chi connectivity index (χ0) is 12.5. The molecule has 3 nitrogen and oxygen atoms in total. The van der Waals surface area contributed by atoms with Gasteiger partial charge in [-0.15, -0.1) is 0 Å². The second-order valence-electron chi connectivity index (χ2n) is 4.59. The fourth-order valence-electron chi connectivity index (χ4n) is 2.66. The smallest absolute Gasteiger partial charge is 0.306 e. The highest BCUT2D eigenvalue weighted by molar-refractivity contribution is 5.87. The average molecular weight is 242 g/mol. The molecular formula is C15H14O3. The van der Waals surface area contributed by atoms with Crippen molar-refractivity contribution >= 4 is 16.7 Å². The summed E-state index contributed by atoms with van der Waals surface area (Å²) in [6, 6.07) is 14.1. The van der Waals surface area contributed by atoms with Crippen LogP contribution in [0, 0.1) is 0 Å². The molecule has 0 aromatic heterocycles. The van der Waals surface area contributed by atoms with E-state index in [1.54, 1.807) is 0 Å². The number of benzene rings is 2. The predicted molar refractivity (Wildman–Crippen MR) is 68.3 cm³/mol. The molecule has 1 aliphatic rings. The highest BCUT2D eigenvalue weighted by Crippen LogP contribution is 2.35. The second kappa shape index (κ2) is 4.42. The highest BCUT2D eigenvalue weighted by atomic mass is 16.6. The fourth-order valence-corrected chi connectivity index (χ4v) is 2.66. The number of esters is 1. The summed E-state index contributed by atoms with van der Waals surface area (Å²) >= 11 is 0.